The molecule has 160 valence electrons. The normalized spacial score (nSPS) is 10.5. The number of nitrogens with zero attached hydrogens (tertiary/aromatic N) is 1. The maximum absolute atomic E-state index is 11.1. The Morgan fingerprint density at radius 1 is 0.774 bits per heavy atom. The van der Waals surface area contributed by atoms with Crippen LogP contribution in [0, 0.1) is 0 Å². The van der Waals surface area contributed by atoms with Crippen LogP contribution in [0.2, 0.25) is 0 Å². The van der Waals surface area contributed by atoms with Gasteiger partial charge < -0.3 is 39.3 Å². The molecule has 0 spiro atoms. The molecule has 0 fully saturated rings. The molecule has 0 unspecified atom stereocenters. The van der Waals surface area contributed by atoms with Crippen molar-refractivity contribution in [2.75, 3.05) is 24.6 Å². The maximum Gasteiger partial charge on any atom is 0.143 e. The number of hydrogen-bond acceptors (Lipinski definition) is 9. The minimum atomic E-state index is -1.51. The van der Waals surface area contributed by atoms with Gasteiger partial charge in [-0.15, -0.1) is 11.3 Å². The van der Waals surface area contributed by atoms with Crippen molar-refractivity contribution in [1.29, 1.82) is 0 Å². The van der Waals surface area contributed by atoms with Crippen LogP contribution in [0.1, 0.15) is 0 Å². The van der Waals surface area contributed by atoms with E-state index in [1.165, 1.54) is 23.5 Å². The van der Waals surface area contributed by atoms with Crippen molar-refractivity contribution in [2.24, 2.45) is 0 Å². The predicted molar refractivity (Wildman–Crippen MR) is 108 cm³/mol. The Hall–Kier alpha value is -3.85. The number of thiophene rings is 1. The molecule has 3 rings (SSSR count). The zero-order valence-electron chi connectivity index (χ0n) is 16.1. The number of aliphatic carboxylic acids is 3. The summed E-state index contributed by atoms with van der Waals surface area (Å²) in [5.74, 6) is -4.51. The topological polar surface area (TPSA) is 133 Å². The maximum atomic E-state index is 11.1. The van der Waals surface area contributed by atoms with E-state index in [1.54, 1.807) is 6.07 Å². The van der Waals surface area contributed by atoms with Gasteiger partial charge in [-0.2, -0.15) is 0 Å². The molecule has 0 bridgehead atoms. The SMILES string of the molecule is O=C([O-])COc1cc(-c2ccc(-c3ccccc3)s2)ccc1N(CC(=O)[O-])CC(=O)[O-]. The molecule has 0 aliphatic rings. The Morgan fingerprint density at radius 3 is 1.97 bits per heavy atom. The van der Waals surface area contributed by atoms with Crippen LogP contribution in [0.25, 0.3) is 20.9 Å². The number of hydrogen-bond donors (Lipinski definition) is 0. The van der Waals surface area contributed by atoms with Gasteiger partial charge >= 0.3 is 0 Å². The molecule has 0 saturated heterocycles. The Bertz CT molecular complexity index is 1080. The lowest BCUT2D eigenvalue weighted by Crippen LogP contribution is -2.44. The third-order valence-electron chi connectivity index (χ3n) is 4.23. The van der Waals surface area contributed by atoms with Crippen molar-refractivity contribution < 1.29 is 34.4 Å². The average Bonchev–Trinajstić information content (AvgIpc) is 3.22. The fraction of sp³-hybridized carbons (Fsp3) is 0.136. The van der Waals surface area contributed by atoms with Crippen molar-refractivity contribution >= 4 is 34.9 Å². The van der Waals surface area contributed by atoms with Gasteiger partial charge in [-0.25, -0.2) is 0 Å². The lowest BCUT2D eigenvalue weighted by Gasteiger charge is -2.28. The Kier molecular flexibility index (Phi) is 6.88. The van der Waals surface area contributed by atoms with Gasteiger partial charge in [0.15, 0.2) is 0 Å². The molecule has 0 aliphatic heterocycles. The van der Waals surface area contributed by atoms with Crippen molar-refractivity contribution in [3.63, 3.8) is 0 Å². The highest BCUT2D eigenvalue weighted by Crippen LogP contribution is 2.38. The van der Waals surface area contributed by atoms with Crippen LogP contribution in [0.3, 0.4) is 0 Å². The number of ether oxygens (including phenoxy) is 1. The summed E-state index contributed by atoms with van der Waals surface area (Å²) in [7, 11) is 0. The highest BCUT2D eigenvalue weighted by Gasteiger charge is 2.16. The first-order chi connectivity index (χ1) is 14.8. The van der Waals surface area contributed by atoms with E-state index in [4.69, 9.17) is 4.74 Å². The minimum absolute atomic E-state index is 0.00105. The fourth-order valence-corrected chi connectivity index (χ4v) is 3.98. The second-order valence-corrected chi connectivity index (χ2v) is 7.56. The monoisotopic (exact) mass is 438 g/mol. The van der Waals surface area contributed by atoms with E-state index in [1.807, 2.05) is 42.5 Å². The van der Waals surface area contributed by atoms with Crippen LogP contribution in [-0.2, 0) is 14.4 Å². The van der Waals surface area contributed by atoms with Gasteiger partial charge in [-0.05, 0) is 35.4 Å². The number of benzene rings is 2. The van der Waals surface area contributed by atoms with Crippen LogP contribution in [-0.4, -0.2) is 37.6 Å². The lowest BCUT2D eigenvalue weighted by atomic mass is 10.1. The van der Waals surface area contributed by atoms with Crippen molar-refractivity contribution in [3.8, 4) is 26.6 Å². The number of anilines is 1. The van der Waals surface area contributed by atoms with Gasteiger partial charge in [0.05, 0.1) is 36.7 Å². The molecule has 0 saturated carbocycles. The van der Waals surface area contributed by atoms with Crippen LogP contribution in [0.15, 0.2) is 60.7 Å². The van der Waals surface area contributed by atoms with E-state index in [9.17, 15) is 29.7 Å². The van der Waals surface area contributed by atoms with Crippen molar-refractivity contribution in [1.82, 2.24) is 0 Å². The number of carboxylic acid groups (broad SMARTS) is 3. The van der Waals surface area contributed by atoms with Gasteiger partial charge in [0.25, 0.3) is 0 Å². The largest absolute Gasteiger partial charge is 0.548 e. The van der Waals surface area contributed by atoms with Crippen LogP contribution in [0.5, 0.6) is 5.75 Å². The number of carboxylic acids is 3. The third kappa shape index (κ3) is 5.83. The first kappa shape index (κ1) is 21.8. The lowest BCUT2D eigenvalue weighted by molar-refractivity contribution is -0.308. The molecular weight excluding hydrogens is 422 g/mol. The van der Waals surface area contributed by atoms with E-state index < -0.39 is 37.6 Å². The van der Waals surface area contributed by atoms with Gasteiger partial charge in [0, 0.05) is 9.75 Å². The summed E-state index contributed by atoms with van der Waals surface area (Å²) in [6.45, 7) is -2.28. The van der Waals surface area contributed by atoms with Gasteiger partial charge in [-0.3, -0.25) is 0 Å². The summed E-state index contributed by atoms with van der Waals surface area (Å²) in [4.78, 5) is 35.8. The summed E-state index contributed by atoms with van der Waals surface area (Å²) >= 11 is 1.50. The summed E-state index contributed by atoms with van der Waals surface area (Å²) < 4.78 is 5.27. The molecule has 1 heterocycles. The number of carbonyl (C=O) groups excluding carboxylic acids is 3. The second kappa shape index (κ2) is 9.77. The summed E-state index contributed by atoms with van der Waals surface area (Å²) in [6, 6.07) is 18.2. The molecule has 0 aliphatic carbocycles. The molecule has 31 heavy (non-hydrogen) atoms. The van der Waals surface area contributed by atoms with Crippen LogP contribution < -0.4 is 25.0 Å². The molecular formula is C22H16NO7S-3. The number of carbonyl (C=O) groups is 3. The molecule has 8 nitrogen and oxygen atoms in total. The van der Waals surface area contributed by atoms with Gasteiger partial charge in [-0.1, -0.05) is 36.4 Å². The highest BCUT2D eigenvalue weighted by molar-refractivity contribution is 7.18. The van der Waals surface area contributed by atoms with Gasteiger partial charge in [0.1, 0.15) is 12.4 Å². The smallest absolute Gasteiger partial charge is 0.143 e. The summed E-state index contributed by atoms with van der Waals surface area (Å²) in [5.41, 5.74) is 1.81. The summed E-state index contributed by atoms with van der Waals surface area (Å²) in [6.07, 6.45) is 0. The van der Waals surface area contributed by atoms with Gasteiger partial charge in [0.2, 0.25) is 0 Å². The van der Waals surface area contributed by atoms with Crippen LogP contribution >= 0.6 is 11.3 Å². The fourth-order valence-electron chi connectivity index (χ4n) is 2.97. The third-order valence-corrected chi connectivity index (χ3v) is 5.42. The van der Waals surface area contributed by atoms with E-state index >= 15 is 0 Å². The average molecular weight is 438 g/mol. The summed E-state index contributed by atoms with van der Waals surface area (Å²) in [5, 5.41) is 33.0. The van der Waals surface area contributed by atoms with E-state index in [0.717, 1.165) is 20.2 Å². The predicted octanol–water partition coefficient (Wildman–Crippen LogP) is -0.483. The van der Waals surface area contributed by atoms with E-state index in [2.05, 4.69) is 0 Å². The molecule has 0 radical (unpaired) electrons. The Balaban J connectivity index is 1.98. The van der Waals surface area contributed by atoms with E-state index in [0.29, 0.717) is 5.56 Å². The van der Waals surface area contributed by atoms with Crippen molar-refractivity contribution in [3.05, 3.63) is 60.7 Å². The molecule has 0 amide bonds. The molecule has 9 heteroatoms. The molecule has 0 atom stereocenters. The molecule has 2 aromatic carbocycles. The van der Waals surface area contributed by atoms with Crippen LogP contribution in [0.4, 0.5) is 5.69 Å². The Morgan fingerprint density at radius 2 is 1.39 bits per heavy atom. The quantitative estimate of drug-likeness (QED) is 0.414. The standard InChI is InChI=1S/C22H19NO7S/c24-20(25)11-23(12-21(26)27)16-7-6-15(10-17(16)30-13-22(28)29)19-9-8-18(31-19)14-4-2-1-3-5-14/h1-10H,11-13H2,(H,24,25)(H,26,27)(H,28,29)/p-3. The first-order valence-electron chi connectivity index (χ1n) is 9.10. The zero-order valence-corrected chi connectivity index (χ0v) is 16.9. The molecule has 1 aromatic heterocycles. The minimum Gasteiger partial charge on any atom is -0.548 e. The molecule has 3 aromatic rings. The Labute approximate surface area is 181 Å². The highest BCUT2D eigenvalue weighted by atomic mass is 32.1. The van der Waals surface area contributed by atoms with Crippen molar-refractivity contribution in [2.45, 2.75) is 0 Å². The first-order valence-corrected chi connectivity index (χ1v) is 9.92. The zero-order chi connectivity index (χ0) is 22.4. The second-order valence-electron chi connectivity index (χ2n) is 6.47. The molecule has 0 N–H and O–H groups in total. The number of rotatable bonds is 10. The van der Waals surface area contributed by atoms with E-state index in [-0.39, 0.29) is 11.4 Å².